The van der Waals surface area contributed by atoms with Crippen LogP contribution in [0.4, 0.5) is 0 Å². The van der Waals surface area contributed by atoms with Crippen molar-refractivity contribution in [2.45, 2.75) is 12.5 Å². The van der Waals surface area contributed by atoms with Crippen LogP contribution in [-0.4, -0.2) is 32.9 Å². The number of H-pyrrole nitrogens is 1. The molecule has 0 aliphatic heterocycles. The van der Waals surface area contributed by atoms with Gasteiger partial charge in [0.05, 0.1) is 28.2 Å². The van der Waals surface area contributed by atoms with Crippen LogP contribution in [0.25, 0.3) is 21.9 Å². The second-order valence-electron chi connectivity index (χ2n) is 6.33. The number of pyridine rings is 1. The van der Waals surface area contributed by atoms with Crippen molar-refractivity contribution in [3.8, 4) is 0 Å². The zero-order valence-electron chi connectivity index (χ0n) is 15.0. The van der Waals surface area contributed by atoms with Crippen molar-refractivity contribution in [2.24, 2.45) is 0 Å². The third-order valence-electron chi connectivity index (χ3n) is 4.53. The summed E-state index contributed by atoms with van der Waals surface area (Å²) in [5.41, 5.74) is 3.18. The molecule has 2 aromatic heterocycles. The summed E-state index contributed by atoms with van der Waals surface area (Å²) < 4.78 is 0. The maximum atomic E-state index is 13.0. The molecule has 0 aliphatic rings. The average Bonchev–Trinajstić information content (AvgIpc) is 3.14. The molecule has 4 rings (SSSR count). The van der Waals surface area contributed by atoms with Crippen molar-refractivity contribution in [3.63, 3.8) is 0 Å². The van der Waals surface area contributed by atoms with Crippen LogP contribution in [0.1, 0.15) is 28.6 Å². The molecule has 0 fully saturated rings. The van der Waals surface area contributed by atoms with E-state index in [-0.39, 0.29) is 11.9 Å². The number of carbonyl (C=O) groups excluding carboxylic acids is 1. The molecular weight excluding hydrogens is 356 g/mol. The summed E-state index contributed by atoms with van der Waals surface area (Å²) in [6, 6.07) is 17.2. The molecule has 0 unspecified atom stereocenters. The minimum Gasteiger partial charge on any atom is -0.342 e. The zero-order valence-corrected chi connectivity index (χ0v) is 15.8. The van der Waals surface area contributed by atoms with Gasteiger partial charge >= 0.3 is 0 Å². The van der Waals surface area contributed by atoms with E-state index < -0.39 is 0 Å². The molecule has 4 aromatic rings. The maximum Gasteiger partial charge on any atom is 0.254 e. The Morgan fingerprint density at radius 3 is 2.85 bits per heavy atom. The van der Waals surface area contributed by atoms with Gasteiger partial charge in [-0.2, -0.15) is 11.8 Å². The quantitative estimate of drug-likeness (QED) is 0.525. The molecule has 2 aromatic carbocycles. The highest BCUT2D eigenvalue weighted by Gasteiger charge is 2.20. The van der Waals surface area contributed by atoms with Gasteiger partial charge in [-0.15, -0.1) is 0 Å². The van der Waals surface area contributed by atoms with E-state index in [1.165, 1.54) is 0 Å². The fourth-order valence-electron chi connectivity index (χ4n) is 3.17. The fourth-order valence-corrected chi connectivity index (χ4v) is 3.65. The molecule has 6 heteroatoms. The summed E-state index contributed by atoms with van der Waals surface area (Å²) in [5, 5.41) is 4.10. The van der Waals surface area contributed by atoms with Gasteiger partial charge in [0.2, 0.25) is 0 Å². The molecule has 1 amide bonds. The second kappa shape index (κ2) is 7.80. The van der Waals surface area contributed by atoms with Crippen molar-refractivity contribution >= 4 is 39.6 Å². The number of para-hydroxylation sites is 3. The second-order valence-corrected chi connectivity index (χ2v) is 7.31. The van der Waals surface area contributed by atoms with Gasteiger partial charge < -0.3 is 10.3 Å². The van der Waals surface area contributed by atoms with Crippen LogP contribution in [0.3, 0.4) is 0 Å². The Kier molecular flexibility index (Phi) is 5.07. The SMILES string of the molecule is CSCC[C@@H](NC(=O)c1cccc2cccnc12)c1nc2ccccc2[nH]1. The molecule has 0 aliphatic carbocycles. The van der Waals surface area contributed by atoms with Crippen molar-refractivity contribution in [2.75, 3.05) is 12.0 Å². The average molecular weight is 376 g/mol. The summed E-state index contributed by atoms with van der Waals surface area (Å²) >= 11 is 1.75. The van der Waals surface area contributed by atoms with Crippen molar-refractivity contribution in [1.82, 2.24) is 20.3 Å². The molecule has 0 radical (unpaired) electrons. The smallest absolute Gasteiger partial charge is 0.254 e. The normalized spacial score (nSPS) is 12.3. The molecule has 1 atom stereocenters. The van der Waals surface area contributed by atoms with Crippen LogP contribution < -0.4 is 5.32 Å². The van der Waals surface area contributed by atoms with E-state index in [9.17, 15) is 4.79 Å². The van der Waals surface area contributed by atoms with Crippen LogP contribution >= 0.6 is 11.8 Å². The molecule has 136 valence electrons. The van der Waals surface area contributed by atoms with E-state index >= 15 is 0 Å². The summed E-state index contributed by atoms with van der Waals surface area (Å²) in [6.07, 6.45) is 4.57. The van der Waals surface area contributed by atoms with Gasteiger partial charge in [0.1, 0.15) is 5.82 Å². The maximum absolute atomic E-state index is 13.0. The van der Waals surface area contributed by atoms with Crippen LogP contribution in [0.5, 0.6) is 0 Å². The highest BCUT2D eigenvalue weighted by molar-refractivity contribution is 7.98. The number of amides is 1. The fraction of sp³-hybridized carbons (Fsp3) is 0.190. The third kappa shape index (κ3) is 3.66. The van der Waals surface area contributed by atoms with Crippen LogP contribution in [0.2, 0.25) is 0 Å². The minimum absolute atomic E-state index is 0.133. The van der Waals surface area contributed by atoms with E-state index in [4.69, 9.17) is 0 Å². The van der Waals surface area contributed by atoms with Crippen molar-refractivity contribution < 1.29 is 4.79 Å². The van der Waals surface area contributed by atoms with E-state index in [0.29, 0.717) is 11.1 Å². The monoisotopic (exact) mass is 376 g/mol. The van der Waals surface area contributed by atoms with Gasteiger partial charge in [0.15, 0.2) is 0 Å². The molecule has 0 bridgehead atoms. The topological polar surface area (TPSA) is 70.7 Å². The van der Waals surface area contributed by atoms with Gasteiger partial charge in [0, 0.05) is 11.6 Å². The largest absolute Gasteiger partial charge is 0.342 e. The van der Waals surface area contributed by atoms with Crippen LogP contribution in [0, 0.1) is 0 Å². The standard InChI is InChI=1S/C21H20N4OS/c1-27-13-11-18(20-23-16-9-2-3-10-17(16)24-20)25-21(26)15-8-4-6-14-7-5-12-22-19(14)15/h2-10,12,18H,11,13H2,1H3,(H,23,24)(H,25,26)/t18-/m1/s1. The van der Waals surface area contributed by atoms with E-state index in [1.54, 1.807) is 18.0 Å². The number of hydrogen-bond acceptors (Lipinski definition) is 4. The molecule has 27 heavy (non-hydrogen) atoms. The van der Waals surface area contributed by atoms with E-state index in [1.807, 2.05) is 54.6 Å². The number of nitrogens with one attached hydrogen (secondary N) is 2. The number of hydrogen-bond donors (Lipinski definition) is 2. The predicted molar refractivity (Wildman–Crippen MR) is 111 cm³/mol. The summed E-state index contributed by atoms with van der Waals surface area (Å²) in [5.74, 6) is 1.58. The molecule has 0 saturated carbocycles. The molecule has 2 heterocycles. The number of rotatable bonds is 6. The Balaban J connectivity index is 1.65. The number of aromatic nitrogens is 3. The number of benzene rings is 2. The van der Waals surface area contributed by atoms with Gasteiger partial charge in [-0.3, -0.25) is 9.78 Å². The Morgan fingerprint density at radius 2 is 2.00 bits per heavy atom. The Morgan fingerprint density at radius 1 is 1.15 bits per heavy atom. The first-order valence-electron chi connectivity index (χ1n) is 8.84. The minimum atomic E-state index is -0.184. The van der Waals surface area contributed by atoms with E-state index in [0.717, 1.165) is 34.4 Å². The van der Waals surface area contributed by atoms with Crippen molar-refractivity contribution in [3.05, 3.63) is 72.2 Å². The first-order chi connectivity index (χ1) is 13.3. The predicted octanol–water partition coefficient (Wildman–Crippen LogP) is 4.34. The number of thioether (sulfide) groups is 1. The van der Waals surface area contributed by atoms with Crippen molar-refractivity contribution in [1.29, 1.82) is 0 Å². The Bertz CT molecular complexity index is 1050. The molecule has 0 spiro atoms. The van der Waals surface area contributed by atoms with Crippen LogP contribution in [0.15, 0.2) is 60.8 Å². The summed E-state index contributed by atoms with van der Waals surface area (Å²) in [4.78, 5) is 25.4. The summed E-state index contributed by atoms with van der Waals surface area (Å²) in [7, 11) is 0. The lowest BCUT2D eigenvalue weighted by atomic mass is 10.1. The Labute approximate surface area is 161 Å². The lowest BCUT2D eigenvalue weighted by molar-refractivity contribution is 0.0935. The number of nitrogens with zero attached hydrogens (tertiary/aromatic N) is 2. The number of carbonyl (C=O) groups is 1. The molecular formula is C21H20N4OS. The first kappa shape index (κ1) is 17.5. The number of aromatic amines is 1. The number of imidazole rings is 1. The third-order valence-corrected chi connectivity index (χ3v) is 5.18. The number of fused-ring (bicyclic) bond motifs is 2. The summed E-state index contributed by atoms with van der Waals surface area (Å²) in [6.45, 7) is 0. The van der Waals surface area contributed by atoms with Gasteiger partial charge in [-0.1, -0.05) is 30.3 Å². The van der Waals surface area contributed by atoms with Gasteiger partial charge in [-0.05, 0) is 42.7 Å². The van der Waals surface area contributed by atoms with Crippen LogP contribution in [-0.2, 0) is 0 Å². The molecule has 2 N–H and O–H groups in total. The first-order valence-corrected chi connectivity index (χ1v) is 10.2. The highest BCUT2D eigenvalue weighted by Crippen LogP contribution is 2.22. The zero-order chi connectivity index (χ0) is 18.6. The molecule has 5 nitrogen and oxygen atoms in total. The lowest BCUT2D eigenvalue weighted by Crippen LogP contribution is -2.30. The van der Waals surface area contributed by atoms with E-state index in [2.05, 4.69) is 26.5 Å². The molecule has 0 saturated heterocycles. The highest BCUT2D eigenvalue weighted by atomic mass is 32.2. The Hall–Kier alpha value is -2.86. The van der Waals surface area contributed by atoms with Gasteiger partial charge in [-0.25, -0.2) is 4.98 Å². The lowest BCUT2D eigenvalue weighted by Gasteiger charge is -2.17. The van der Waals surface area contributed by atoms with Gasteiger partial charge in [0.25, 0.3) is 5.91 Å².